The summed E-state index contributed by atoms with van der Waals surface area (Å²) in [5.74, 6) is 1.90. The van der Waals surface area contributed by atoms with E-state index >= 15 is 0 Å². The molecule has 2 aliphatic heterocycles. The van der Waals surface area contributed by atoms with Crippen molar-refractivity contribution in [3.8, 4) is 5.75 Å². The molecule has 0 radical (unpaired) electrons. The van der Waals surface area contributed by atoms with Gasteiger partial charge in [-0.1, -0.05) is 29.8 Å². The molecule has 34 heavy (non-hydrogen) atoms. The van der Waals surface area contributed by atoms with Gasteiger partial charge in [0.1, 0.15) is 22.8 Å². The quantitative estimate of drug-likeness (QED) is 0.392. The lowest BCUT2D eigenvalue weighted by Crippen LogP contribution is -2.60. The first-order valence-electron chi connectivity index (χ1n) is 10.8. The Balaban J connectivity index is 1.42. The predicted octanol–water partition coefficient (Wildman–Crippen LogP) is 3.46. The number of β-amino-alcohol motifs (C(OH)–C–C–N with tert-alkyl or cyclic N) is 1. The van der Waals surface area contributed by atoms with Gasteiger partial charge in [0.05, 0.1) is 25.2 Å². The highest BCUT2D eigenvalue weighted by Gasteiger charge is 2.45. The van der Waals surface area contributed by atoms with Crippen LogP contribution in [0, 0.1) is 0 Å². The Morgan fingerprint density at radius 1 is 1.26 bits per heavy atom. The van der Waals surface area contributed by atoms with E-state index < -0.39 is 16.8 Å². The number of ketones is 1. The summed E-state index contributed by atoms with van der Waals surface area (Å²) < 4.78 is 17.8. The van der Waals surface area contributed by atoms with E-state index in [1.165, 1.54) is 6.92 Å². The molecule has 10 heteroatoms. The molecule has 3 aromatic rings. The van der Waals surface area contributed by atoms with Crippen molar-refractivity contribution in [2.45, 2.75) is 23.8 Å². The van der Waals surface area contributed by atoms with Gasteiger partial charge in [0.2, 0.25) is 10.8 Å². The third-order valence-corrected chi connectivity index (χ3v) is 7.84. The minimum absolute atomic E-state index is 0.0423. The predicted molar refractivity (Wildman–Crippen MR) is 131 cm³/mol. The van der Waals surface area contributed by atoms with Crippen molar-refractivity contribution in [1.82, 2.24) is 9.97 Å². The molecule has 1 fully saturated rings. The monoisotopic (exact) mass is 498 g/mol. The van der Waals surface area contributed by atoms with E-state index in [-0.39, 0.29) is 18.9 Å². The van der Waals surface area contributed by atoms with Crippen LogP contribution in [0.3, 0.4) is 0 Å². The van der Waals surface area contributed by atoms with Crippen molar-refractivity contribution in [3.05, 3.63) is 64.3 Å². The molecular weight excluding hydrogens is 476 g/mol. The molecule has 0 unspecified atom stereocenters. The Morgan fingerprint density at radius 3 is 2.76 bits per heavy atom. The highest BCUT2D eigenvalue weighted by atomic mass is 35.5. The van der Waals surface area contributed by atoms with Crippen molar-refractivity contribution in [2.75, 3.05) is 36.2 Å². The second-order valence-electron chi connectivity index (χ2n) is 8.45. The number of rotatable bonds is 6. The number of anilines is 3. The van der Waals surface area contributed by atoms with Crippen LogP contribution < -0.4 is 15.0 Å². The molecule has 2 N–H and O–H groups in total. The fourth-order valence-electron chi connectivity index (χ4n) is 4.23. The molecular formula is C24H23ClN4O4S. The van der Waals surface area contributed by atoms with Gasteiger partial charge < -0.3 is 24.6 Å². The number of hydrogen-bond donors (Lipinski definition) is 2. The van der Waals surface area contributed by atoms with E-state index in [1.807, 2.05) is 11.0 Å². The van der Waals surface area contributed by atoms with Gasteiger partial charge in [-0.2, -0.15) is 4.98 Å². The number of carbonyl (C=O) groups is 1. The first-order chi connectivity index (χ1) is 16.3. The Hall–Kier alpha value is -2.85. The van der Waals surface area contributed by atoms with Gasteiger partial charge in [-0.3, -0.25) is 4.79 Å². The molecule has 1 saturated heterocycles. The molecule has 1 aromatic heterocycles. The molecule has 0 aliphatic carbocycles. The van der Waals surface area contributed by atoms with Crippen LogP contribution in [0.2, 0.25) is 5.02 Å². The Labute approximate surface area is 205 Å². The van der Waals surface area contributed by atoms with Crippen LogP contribution in [0.5, 0.6) is 5.75 Å². The molecule has 0 amide bonds. The number of Topliss-reactive ketones (excluding diaryl/α,β-unsaturated/α-hetero) is 1. The number of carbonyl (C=O) groups excluding carboxylic acids is 1. The number of ether oxygens (including phenoxy) is 1. The van der Waals surface area contributed by atoms with Crippen molar-refractivity contribution < 1.29 is 19.2 Å². The van der Waals surface area contributed by atoms with Gasteiger partial charge in [-0.05, 0) is 47.9 Å². The summed E-state index contributed by atoms with van der Waals surface area (Å²) in [7, 11) is 1.54. The number of nitrogens with one attached hydrogen (secondary N) is 1. The second kappa shape index (κ2) is 8.74. The van der Waals surface area contributed by atoms with Crippen LogP contribution in [0.1, 0.15) is 28.5 Å². The van der Waals surface area contributed by atoms with Crippen LogP contribution in [0.4, 0.5) is 17.5 Å². The standard InChI is InChI=1S/C24H23ClN4O4S/c1-14(30)15-4-3-5-17(10-15)26-22-21-19(8-9-34(21)32)27-23(28-22)29-12-24(31,13-29)16-6-7-20(33-2)18(25)11-16/h3-7,10-11,31H,8-9,12-13H2,1-2H3,(H,26,27,28)/t34-/m1/s1. The maximum Gasteiger partial charge on any atom is 0.228 e. The highest BCUT2D eigenvalue weighted by Crippen LogP contribution is 2.40. The highest BCUT2D eigenvalue weighted by molar-refractivity contribution is 7.91. The number of aromatic nitrogens is 2. The summed E-state index contributed by atoms with van der Waals surface area (Å²) in [6.45, 7) is 2.09. The van der Waals surface area contributed by atoms with E-state index in [0.29, 0.717) is 56.4 Å². The summed E-state index contributed by atoms with van der Waals surface area (Å²) in [4.78, 5) is 23.5. The topological polar surface area (TPSA) is 111 Å². The molecule has 3 heterocycles. The second-order valence-corrected chi connectivity index (χ2v) is 10.4. The number of nitrogens with zero attached hydrogens (tertiary/aromatic N) is 3. The average Bonchev–Trinajstić information content (AvgIpc) is 3.18. The van der Waals surface area contributed by atoms with Crippen LogP contribution >= 0.6 is 11.6 Å². The van der Waals surface area contributed by atoms with Crippen molar-refractivity contribution in [1.29, 1.82) is 0 Å². The van der Waals surface area contributed by atoms with Gasteiger partial charge in [0.15, 0.2) is 11.6 Å². The number of halogens is 1. The molecule has 0 bridgehead atoms. The summed E-state index contributed by atoms with van der Waals surface area (Å²) >= 11 is 5.04. The zero-order chi connectivity index (χ0) is 24.0. The fraction of sp³-hybridized carbons (Fsp3) is 0.292. The average molecular weight is 499 g/mol. The number of aryl methyl sites for hydroxylation is 1. The summed E-state index contributed by atoms with van der Waals surface area (Å²) in [6.07, 6.45) is 0.589. The number of methoxy groups -OCH3 is 1. The summed E-state index contributed by atoms with van der Waals surface area (Å²) in [6, 6.07) is 12.3. The number of hydrogen-bond acceptors (Lipinski definition) is 8. The van der Waals surface area contributed by atoms with Gasteiger partial charge in [-0.25, -0.2) is 4.98 Å². The van der Waals surface area contributed by atoms with E-state index in [4.69, 9.17) is 16.3 Å². The van der Waals surface area contributed by atoms with Crippen LogP contribution in [-0.4, -0.2) is 51.4 Å². The van der Waals surface area contributed by atoms with E-state index in [9.17, 15) is 14.5 Å². The summed E-state index contributed by atoms with van der Waals surface area (Å²) in [5, 5.41) is 14.8. The Morgan fingerprint density at radius 2 is 2.06 bits per heavy atom. The zero-order valence-electron chi connectivity index (χ0n) is 18.7. The number of fused-ring (bicyclic) bond motifs is 1. The van der Waals surface area contributed by atoms with E-state index in [0.717, 1.165) is 5.69 Å². The molecule has 0 spiro atoms. The van der Waals surface area contributed by atoms with Crippen molar-refractivity contribution >= 4 is 46.0 Å². The lowest BCUT2D eigenvalue weighted by molar-refractivity contribution is 0.00648. The normalized spacial score (nSPS) is 18.3. The van der Waals surface area contributed by atoms with Crippen LogP contribution in [0.25, 0.3) is 0 Å². The van der Waals surface area contributed by atoms with Crippen LogP contribution in [0.15, 0.2) is 47.4 Å². The van der Waals surface area contributed by atoms with E-state index in [1.54, 1.807) is 43.5 Å². The first-order valence-corrected chi connectivity index (χ1v) is 12.5. The van der Waals surface area contributed by atoms with Gasteiger partial charge in [-0.15, -0.1) is 0 Å². The van der Waals surface area contributed by atoms with Gasteiger partial charge in [0.25, 0.3) is 0 Å². The maximum atomic E-state index is 12.6. The smallest absolute Gasteiger partial charge is 0.228 e. The van der Waals surface area contributed by atoms with E-state index in [2.05, 4.69) is 15.3 Å². The Bertz CT molecular complexity index is 1280. The lowest BCUT2D eigenvalue weighted by atomic mass is 9.86. The number of benzene rings is 2. The van der Waals surface area contributed by atoms with Crippen LogP contribution in [-0.2, 0) is 23.2 Å². The molecule has 0 saturated carbocycles. The largest absolute Gasteiger partial charge is 0.611 e. The molecule has 176 valence electrons. The molecule has 2 aromatic carbocycles. The van der Waals surface area contributed by atoms with Crippen molar-refractivity contribution in [2.24, 2.45) is 0 Å². The first kappa shape index (κ1) is 22.9. The maximum absolute atomic E-state index is 12.6. The minimum Gasteiger partial charge on any atom is -0.611 e. The molecule has 8 nitrogen and oxygen atoms in total. The minimum atomic E-state index is -1.20. The fourth-order valence-corrected chi connectivity index (χ4v) is 5.79. The van der Waals surface area contributed by atoms with Gasteiger partial charge in [0, 0.05) is 17.7 Å². The Kier molecular flexibility index (Phi) is 5.89. The van der Waals surface area contributed by atoms with Crippen molar-refractivity contribution in [3.63, 3.8) is 0 Å². The zero-order valence-corrected chi connectivity index (χ0v) is 20.2. The third-order valence-electron chi connectivity index (χ3n) is 6.08. The van der Waals surface area contributed by atoms with Gasteiger partial charge >= 0.3 is 0 Å². The molecule has 5 rings (SSSR count). The SMILES string of the molecule is COc1ccc(C2(O)CN(c3nc4c(c(Nc5cccc(C(C)=O)c5)n3)[S@+]([O-])CC4)C2)cc1Cl. The molecule has 1 atom stereocenters. The molecule has 2 aliphatic rings. The lowest BCUT2D eigenvalue weighted by Gasteiger charge is -2.46. The third kappa shape index (κ3) is 4.09. The number of aliphatic hydroxyl groups is 1. The summed E-state index contributed by atoms with van der Waals surface area (Å²) in [5.41, 5.74) is 1.58.